The minimum absolute atomic E-state index is 0.713. The van der Waals surface area contributed by atoms with Crippen molar-refractivity contribution in [3.8, 4) is 45.2 Å². The van der Waals surface area contributed by atoms with Crippen LogP contribution in [0.4, 0.5) is 0 Å². The molecule has 42 heavy (non-hydrogen) atoms. The molecule has 0 spiro atoms. The number of para-hydroxylation sites is 1. The molecule has 3 heteroatoms. The second-order valence-electron chi connectivity index (χ2n) is 10.5. The van der Waals surface area contributed by atoms with E-state index in [9.17, 15) is 0 Å². The second kappa shape index (κ2) is 10.1. The first-order chi connectivity index (χ1) is 20.8. The van der Waals surface area contributed by atoms with Gasteiger partial charge in [0.15, 0.2) is 5.82 Å². The number of fused-ring (bicyclic) bond motifs is 5. The molecule has 0 N–H and O–H groups in total. The average molecular weight is 536 g/mol. The first-order valence-corrected chi connectivity index (χ1v) is 14.1. The highest BCUT2D eigenvalue weighted by molar-refractivity contribution is 6.22. The number of rotatable bonds is 4. The van der Waals surface area contributed by atoms with Gasteiger partial charge in [0.2, 0.25) is 0 Å². The molecule has 196 valence electrons. The van der Waals surface area contributed by atoms with Gasteiger partial charge in [-0.3, -0.25) is 0 Å². The third-order valence-electron chi connectivity index (χ3n) is 7.87. The van der Waals surface area contributed by atoms with Gasteiger partial charge in [0.25, 0.3) is 0 Å². The lowest BCUT2D eigenvalue weighted by Gasteiger charge is -2.13. The van der Waals surface area contributed by atoms with E-state index in [1.807, 2.05) is 36.4 Å². The summed E-state index contributed by atoms with van der Waals surface area (Å²) in [6, 6.07) is 52.5. The van der Waals surface area contributed by atoms with Gasteiger partial charge in [-0.05, 0) is 22.9 Å². The highest BCUT2D eigenvalue weighted by Crippen LogP contribution is 2.37. The molecule has 0 aliphatic carbocycles. The predicted molar refractivity (Wildman–Crippen MR) is 174 cm³/mol. The van der Waals surface area contributed by atoms with Crippen molar-refractivity contribution in [2.24, 2.45) is 0 Å². The summed E-state index contributed by atoms with van der Waals surface area (Å²) >= 11 is 0. The zero-order valence-electron chi connectivity index (χ0n) is 22.8. The molecule has 0 radical (unpaired) electrons. The van der Waals surface area contributed by atoms with Crippen LogP contribution in [0.3, 0.4) is 0 Å². The summed E-state index contributed by atoms with van der Waals surface area (Å²) in [6.45, 7) is 0. The summed E-state index contributed by atoms with van der Waals surface area (Å²) in [5, 5.41) is 6.05. The second-order valence-corrected chi connectivity index (χ2v) is 10.5. The van der Waals surface area contributed by atoms with E-state index in [-0.39, 0.29) is 0 Å². The summed E-state index contributed by atoms with van der Waals surface area (Å²) in [5.74, 6) is 0.713. The van der Waals surface area contributed by atoms with Crippen LogP contribution in [-0.4, -0.2) is 15.0 Å². The van der Waals surface area contributed by atoms with E-state index >= 15 is 0 Å². The maximum Gasteiger partial charge on any atom is 0.160 e. The lowest BCUT2D eigenvalue weighted by molar-refractivity contribution is 1.18. The van der Waals surface area contributed by atoms with Crippen molar-refractivity contribution < 1.29 is 0 Å². The molecule has 8 aromatic rings. The summed E-state index contributed by atoms with van der Waals surface area (Å²) in [6.07, 6.45) is 0. The van der Waals surface area contributed by atoms with E-state index in [0.717, 1.165) is 50.2 Å². The van der Waals surface area contributed by atoms with Crippen LogP contribution in [0.1, 0.15) is 0 Å². The molecule has 0 fully saturated rings. The molecule has 0 bridgehead atoms. The summed E-state index contributed by atoms with van der Waals surface area (Å²) in [7, 11) is 0. The molecule has 0 aliphatic heterocycles. The monoisotopic (exact) mass is 535 g/mol. The minimum Gasteiger partial charge on any atom is -0.247 e. The molecule has 2 aromatic heterocycles. The van der Waals surface area contributed by atoms with Gasteiger partial charge in [0.1, 0.15) is 0 Å². The fourth-order valence-corrected chi connectivity index (χ4v) is 5.81. The van der Waals surface area contributed by atoms with Gasteiger partial charge in [0, 0.05) is 38.4 Å². The molecule has 0 saturated carbocycles. The van der Waals surface area contributed by atoms with E-state index in [0.29, 0.717) is 5.82 Å². The Bertz CT molecular complexity index is 2150. The van der Waals surface area contributed by atoms with Gasteiger partial charge in [-0.25, -0.2) is 15.0 Å². The number of nitrogens with zero attached hydrogens (tertiary/aromatic N) is 3. The Morgan fingerprint density at radius 1 is 0.357 bits per heavy atom. The van der Waals surface area contributed by atoms with Crippen molar-refractivity contribution >= 4 is 32.4 Å². The Labute approximate surface area is 243 Å². The van der Waals surface area contributed by atoms with E-state index < -0.39 is 0 Å². The van der Waals surface area contributed by atoms with Crippen LogP contribution in [0, 0.1) is 0 Å². The molecule has 0 atom stereocenters. The third-order valence-corrected chi connectivity index (χ3v) is 7.87. The molecular formula is C39H25N3. The van der Waals surface area contributed by atoms with Crippen LogP contribution in [-0.2, 0) is 0 Å². The Balaban J connectivity index is 1.28. The van der Waals surface area contributed by atoms with Gasteiger partial charge in [0.05, 0.1) is 22.6 Å². The Morgan fingerprint density at radius 3 is 1.67 bits per heavy atom. The first kappa shape index (κ1) is 24.2. The summed E-state index contributed by atoms with van der Waals surface area (Å²) in [4.78, 5) is 15.1. The Hall–Kier alpha value is -5.67. The van der Waals surface area contributed by atoms with Crippen LogP contribution < -0.4 is 0 Å². The molecule has 0 aliphatic rings. The highest BCUT2D eigenvalue weighted by Gasteiger charge is 2.14. The largest absolute Gasteiger partial charge is 0.247 e. The molecule has 2 heterocycles. The van der Waals surface area contributed by atoms with Crippen molar-refractivity contribution in [2.75, 3.05) is 0 Å². The molecule has 3 nitrogen and oxygen atoms in total. The van der Waals surface area contributed by atoms with Crippen LogP contribution >= 0.6 is 0 Å². The quantitative estimate of drug-likeness (QED) is 0.211. The minimum atomic E-state index is 0.713. The molecule has 0 unspecified atom stereocenters. The maximum atomic E-state index is 5.16. The summed E-state index contributed by atoms with van der Waals surface area (Å²) < 4.78 is 0. The first-order valence-electron chi connectivity index (χ1n) is 14.1. The SMILES string of the molecule is c1ccc(-c2cc(-c3ccc(-c4nc5ccccc5c5c4ccc4ccccc45)cc3)nc(-c3ccccc3)n2)cc1. The molecule has 8 rings (SSSR count). The fraction of sp³-hybridized carbons (Fsp3) is 0. The van der Waals surface area contributed by atoms with Crippen molar-refractivity contribution in [1.82, 2.24) is 15.0 Å². The number of hydrogen-bond donors (Lipinski definition) is 0. The van der Waals surface area contributed by atoms with Crippen LogP contribution in [0.25, 0.3) is 77.6 Å². The zero-order chi connectivity index (χ0) is 27.9. The van der Waals surface area contributed by atoms with Gasteiger partial charge in [-0.1, -0.05) is 140 Å². The van der Waals surface area contributed by atoms with Gasteiger partial charge in [-0.15, -0.1) is 0 Å². The van der Waals surface area contributed by atoms with Gasteiger partial charge in [-0.2, -0.15) is 0 Å². The lowest BCUT2D eigenvalue weighted by atomic mass is 9.95. The Kier molecular flexibility index (Phi) is 5.79. The van der Waals surface area contributed by atoms with Crippen LogP contribution in [0.15, 0.2) is 152 Å². The van der Waals surface area contributed by atoms with Crippen LogP contribution in [0.2, 0.25) is 0 Å². The molecule has 6 aromatic carbocycles. The highest BCUT2D eigenvalue weighted by atomic mass is 14.9. The van der Waals surface area contributed by atoms with E-state index in [1.165, 1.54) is 21.5 Å². The van der Waals surface area contributed by atoms with E-state index in [2.05, 4.69) is 115 Å². The van der Waals surface area contributed by atoms with Gasteiger partial charge < -0.3 is 0 Å². The van der Waals surface area contributed by atoms with Crippen molar-refractivity contribution in [2.45, 2.75) is 0 Å². The van der Waals surface area contributed by atoms with E-state index in [1.54, 1.807) is 0 Å². The van der Waals surface area contributed by atoms with E-state index in [4.69, 9.17) is 15.0 Å². The van der Waals surface area contributed by atoms with Crippen molar-refractivity contribution in [3.05, 3.63) is 152 Å². The van der Waals surface area contributed by atoms with Crippen molar-refractivity contribution in [3.63, 3.8) is 0 Å². The number of pyridine rings is 1. The Morgan fingerprint density at radius 2 is 0.929 bits per heavy atom. The number of aromatic nitrogens is 3. The fourth-order valence-electron chi connectivity index (χ4n) is 5.81. The maximum absolute atomic E-state index is 5.16. The zero-order valence-corrected chi connectivity index (χ0v) is 22.8. The lowest BCUT2D eigenvalue weighted by Crippen LogP contribution is -1.96. The standard InChI is InChI=1S/C39H25N3/c1-3-12-27(13-4-1)35-25-36(42-39(41-35)30-14-5-2-6-15-30)28-19-21-29(22-20-28)38-33-24-23-26-11-7-8-16-31(26)37(33)32-17-9-10-18-34(32)40-38/h1-25H. The number of hydrogen-bond acceptors (Lipinski definition) is 3. The number of benzene rings is 6. The topological polar surface area (TPSA) is 38.7 Å². The molecule has 0 saturated heterocycles. The average Bonchev–Trinajstić information content (AvgIpc) is 3.08. The predicted octanol–water partition coefficient (Wildman–Crippen LogP) is 10.00. The van der Waals surface area contributed by atoms with Crippen molar-refractivity contribution in [1.29, 1.82) is 0 Å². The summed E-state index contributed by atoms with van der Waals surface area (Å²) in [5.41, 5.74) is 7.93. The van der Waals surface area contributed by atoms with Gasteiger partial charge >= 0.3 is 0 Å². The third kappa shape index (κ3) is 4.20. The normalized spacial score (nSPS) is 11.3. The smallest absolute Gasteiger partial charge is 0.160 e. The van der Waals surface area contributed by atoms with Crippen LogP contribution in [0.5, 0.6) is 0 Å². The molecular weight excluding hydrogens is 510 g/mol. The molecule has 0 amide bonds.